The zero-order valence-electron chi connectivity index (χ0n) is 9.72. The quantitative estimate of drug-likeness (QED) is 0.820. The summed E-state index contributed by atoms with van der Waals surface area (Å²) in [7, 11) is 0. The van der Waals surface area contributed by atoms with Gasteiger partial charge in [0, 0.05) is 23.7 Å². The van der Waals surface area contributed by atoms with Crippen LogP contribution in [0.3, 0.4) is 0 Å². The van der Waals surface area contributed by atoms with Gasteiger partial charge in [0.05, 0.1) is 6.54 Å². The number of halogens is 2. The summed E-state index contributed by atoms with van der Waals surface area (Å²) in [6, 6.07) is 4.52. The standard InChI is InChI=1S/C12H16ClFN2O/c1-2-6-16-12(17)8-15-7-9-10(13)4-3-5-11(9)14/h3-5,15H,2,6-8H2,1H3,(H,16,17). The van der Waals surface area contributed by atoms with Gasteiger partial charge in [-0.3, -0.25) is 4.79 Å². The highest BCUT2D eigenvalue weighted by atomic mass is 35.5. The van der Waals surface area contributed by atoms with E-state index in [1.807, 2.05) is 6.92 Å². The van der Waals surface area contributed by atoms with Crippen LogP contribution >= 0.6 is 11.6 Å². The van der Waals surface area contributed by atoms with Crippen molar-refractivity contribution in [1.29, 1.82) is 0 Å². The molecular weight excluding hydrogens is 243 g/mol. The zero-order valence-corrected chi connectivity index (χ0v) is 10.5. The van der Waals surface area contributed by atoms with Gasteiger partial charge < -0.3 is 10.6 Å². The van der Waals surface area contributed by atoms with Gasteiger partial charge in [0.2, 0.25) is 5.91 Å². The van der Waals surface area contributed by atoms with Gasteiger partial charge >= 0.3 is 0 Å². The van der Waals surface area contributed by atoms with Gasteiger partial charge in [0.1, 0.15) is 5.82 Å². The molecule has 1 aromatic rings. The molecule has 94 valence electrons. The first-order chi connectivity index (χ1) is 8.15. The van der Waals surface area contributed by atoms with Crippen molar-refractivity contribution >= 4 is 17.5 Å². The lowest BCUT2D eigenvalue weighted by atomic mass is 10.2. The number of rotatable bonds is 6. The van der Waals surface area contributed by atoms with E-state index in [1.165, 1.54) is 6.07 Å². The predicted octanol–water partition coefficient (Wildman–Crippen LogP) is 2.09. The van der Waals surface area contributed by atoms with E-state index in [0.29, 0.717) is 17.1 Å². The maximum atomic E-state index is 13.4. The van der Waals surface area contributed by atoms with Crippen molar-refractivity contribution < 1.29 is 9.18 Å². The molecule has 0 aliphatic rings. The van der Waals surface area contributed by atoms with Gasteiger partial charge in [-0.05, 0) is 18.6 Å². The van der Waals surface area contributed by atoms with Crippen LogP contribution < -0.4 is 10.6 Å². The molecule has 0 spiro atoms. The number of carbonyl (C=O) groups excluding carboxylic acids is 1. The molecule has 0 fully saturated rings. The topological polar surface area (TPSA) is 41.1 Å². The smallest absolute Gasteiger partial charge is 0.233 e. The molecular formula is C12H16ClFN2O. The first kappa shape index (κ1) is 13.9. The van der Waals surface area contributed by atoms with Crippen molar-refractivity contribution in [3.05, 3.63) is 34.6 Å². The Balaban J connectivity index is 2.38. The van der Waals surface area contributed by atoms with Crippen LogP contribution in [0.1, 0.15) is 18.9 Å². The number of carbonyl (C=O) groups is 1. The molecule has 0 aromatic heterocycles. The summed E-state index contributed by atoms with van der Waals surface area (Å²) < 4.78 is 13.4. The molecule has 1 rings (SSSR count). The third kappa shape index (κ3) is 4.71. The van der Waals surface area contributed by atoms with E-state index in [4.69, 9.17) is 11.6 Å². The lowest BCUT2D eigenvalue weighted by Gasteiger charge is -2.08. The summed E-state index contributed by atoms with van der Waals surface area (Å²) >= 11 is 5.85. The van der Waals surface area contributed by atoms with Gasteiger partial charge in [-0.2, -0.15) is 0 Å². The molecule has 1 aromatic carbocycles. The van der Waals surface area contributed by atoms with Crippen molar-refractivity contribution in [3.63, 3.8) is 0 Å². The number of hydrogen-bond acceptors (Lipinski definition) is 2. The van der Waals surface area contributed by atoms with E-state index in [2.05, 4.69) is 10.6 Å². The Bertz CT molecular complexity index is 365. The first-order valence-corrected chi connectivity index (χ1v) is 5.93. The molecule has 0 aliphatic carbocycles. The van der Waals surface area contributed by atoms with Crippen molar-refractivity contribution in [1.82, 2.24) is 10.6 Å². The van der Waals surface area contributed by atoms with Gasteiger partial charge in [-0.1, -0.05) is 24.6 Å². The lowest BCUT2D eigenvalue weighted by molar-refractivity contribution is -0.120. The first-order valence-electron chi connectivity index (χ1n) is 5.55. The average Bonchev–Trinajstić information content (AvgIpc) is 2.30. The second-order valence-corrected chi connectivity index (χ2v) is 4.06. The van der Waals surface area contributed by atoms with Crippen molar-refractivity contribution in [2.45, 2.75) is 19.9 Å². The summed E-state index contributed by atoms with van der Waals surface area (Å²) in [5.74, 6) is -0.460. The van der Waals surface area contributed by atoms with Crippen LogP contribution in [-0.2, 0) is 11.3 Å². The summed E-state index contributed by atoms with van der Waals surface area (Å²) in [6.07, 6.45) is 0.894. The van der Waals surface area contributed by atoms with Gasteiger partial charge in [-0.15, -0.1) is 0 Å². The Morgan fingerprint density at radius 2 is 2.24 bits per heavy atom. The summed E-state index contributed by atoms with van der Waals surface area (Å²) in [5, 5.41) is 5.94. The molecule has 0 atom stereocenters. The molecule has 5 heteroatoms. The number of hydrogen-bond donors (Lipinski definition) is 2. The predicted molar refractivity (Wildman–Crippen MR) is 66.4 cm³/mol. The maximum absolute atomic E-state index is 13.4. The van der Waals surface area contributed by atoms with Crippen LogP contribution in [0.4, 0.5) is 4.39 Å². The normalized spacial score (nSPS) is 10.3. The lowest BCUT2D eigenvalue weighted by Crippen LogP contribution is -2.34. The monoisotopic (exact) mass is 258 g/mol. The third-order valence-corrected chi connectivity index (χ3v) is 2.58. The molecule has 0 bridgehead atoms. The fourth-order valence-corrected chi connectivity index (χ4v) is 1.56. The van der Waals surface area contributed by atoms with Crippen LogP contribution in [0.15, 0.2) is 18.2 Å². The van der Waals surface area contributed by atoms with Crippen molar-refractivity contribution in [2.24, 2.45) is 0 Å². The minimum absolute atomic E-state index is 0.0979. The average molecular weight is 259 g/mol. The number of benzene rings is 1. The summed E-state index contributed by atoms with van der Waals surface area (Å²) in [6.45, 7) is 3.03. The SMILES string of the molecule is CCCNC(=O)CNCc1c(F)cccc1Cl. The Morgan fingerprint density at radius 3 is 2.88 bits per heavy atom. The van der Waals surface area contributed by atoms with E-state index in [0.717, 1.165) is 6.42 Å². The molecule has 0 unspecified atom stereocenters. The van der Waals surface area contributed by atoms with Crippen LogP contribution in [0.2, 0.25) is 5.02 Å². The van der Waals surface area contributed by atoms with Crippen LogP contribution in [-0.4, -0.2) is 19.0 Å². The van der Waals surface area contributed by atoms with Crippen molar-refractivity contribution in [2.75, 3.05) is 13.1 Å². The fraction of sp³-hybridized carbons (Fsp3) is 0.417. The Hall–Kier alpha value is -1.13. The van der Waals surface area contributed by atoms with Crippen LogP contribution in [0.25, 0.3) is 0 Å². The highest BCUT2D eigenvalue weighted by Gasteiger charge is 2.07. The molecule has 0 saturated heterocycles. The molecule has 17 heavy (non-hydrogen) atoms. The summed E-state index contributed by atoms with van der Waals surface area (Å²) in [4.78, 5) is 11.3. The van der Waals surface area contributed by atoms with Gasteiger partial charge in [0.25, 0.3) is 0 Å². The minimum atomic E-state index is -0.362. The van der Waals surface area contributed by atoms with Crippen LogP contribution in [0, 0.1) is 5.82 Å². The van der Waals surface area contributed by atoms with E-state index in [-0.39, 0.29) is 24.8 Å². The molecule has 0 radical (unpaired) electrons. The second kappa shape index (κ2) is 7.25. The zero-order chi connectivity index (χ0) is 12.7. The van der Waals surface area contributed by atoms with E-state index in [9.17, 15) is 9.18 Å². The van der Waals surface area contributed by atoms with E-state index < -0.39 is 0 Å². The highest BCUT2D eigenvalue weighted by Crippen LogP contribution is 2.18. The fourth-order valence-electron chi connectivity index (χ4n) is 1.33. The second-order valence-electron chi connectivity index (χ2n) is 3.65. The number of nitrogens with one attached hydrogen (secondary N) is 2. The van der Waals surface area contributed by atoms with E-state index >= 15 is 0 Å². The summed E-state index contributed by atoms with van der Waals surface area (Å²) in [5.41, 5.74) is 0.387. The molecule has 1 amide bonds. The molecule has 0 saturated carbocycles. The highest BCUT2D eigenvalue weighted by molar-refractivity contribution is 6.31. The third-order valence-electron chi connectivity index (χ3n) is 2.22. The van der Waals surface area contributed by atoms with Gasteiger partial charge in [-0.25, -0.2) is 4.39 Å². The maximum Gasteiger partial charge on any atom is 0.233 e. The Kier molecular flexibility index (Phi) is 5.94. The molecule has 3 nitrogen and oxygen atoms in total. The van der Waals surface area contributed by atoms with Crippen molar-refractivity contribution in [3.8, 4) is 0 Å². The number of amides is 1. The molecule has 0 aliphatic heterocycles. The molecule has 2 N–H and O–H groups in total. The van der Waals surface area contributed by atoms with Crippen LogP contribution in [0.5, 0.6) is 0 Å². The minimum Gasteiger partial charge on any atom is -0.355 e. The molecule has 0 heterocycles. The Labute approximate surface area is 105 Å². The van der Waals surface area contributed by atoms with Gasteiger partial charge in [0.15, 0.2) is 0 Å². The van der Waals surface area contributed by atoms with E-state index in [1.54, 1.807) is 12.1 Å². The largest absolute Gasteiger partial charge is 0.355 e. The Morgan fingerprint density at radius 1 is 1.47 bits per heavy atom.